The lowest BCUT2D eigenvalue weighted by Crippen LogP contribution is -2.32. The highest BCUT2D eigenvalue weighted by atomic mass is 16.2. The van der Waals surface area contributed by atoms with E-state index in [1.165, 1.54) is 0 Å². The molecule has 1 unspecified atom stereocenters. The van der Waals surface area contributed by atoms with Gasteiger partial charge in [0.05, 0.1) is 5.92 Å². The molecule has 26 heavy (non-hydrogen) atoms. The van der Waals surface area contributed by atoms with E-state index in [4.69, 9.17) is 0 Å². The normalized spacial score (nSPS) is 16.3. The Morgan fingerprint density at radius 1 is 1.31 bits per heavy atom. The van der Waals surface area contributed by atoms with Gasteiger partial charge in [0.1, 0.15) is 17.3 Å². The van der Waals surface area contributed by atoms with Crippen molar-refractivity contribution in [2.45, 2.75) is 33.7 Å². The molecule has 7 nitrogen and oxygen atoms in total. The van der Waals surface area contributed by atoms with E-state index in [9.17, 15) is 9.59 Å². The average molecular weight is 355 g/mol. The van der Waals surface area contributed by atoms with Crippen LogP contribution < -0.4 is 10.2 Å². The number of aromatic nitrogens is 3. The zero-order valence-corrected chi connectivity index (χ0v) is 15.5. The molecule has 1 aliphatic heterocycles. The number of anilines is 2. The number of Topliss-reactive ketones (excluding diaryl/α,β-unsaturated/α-hetero) is 2. The molecule has 138 valence electrons. The molecule has 0 fully saturated rings. The first kappa shape index (κ1) is 18.1. The summed E-state index contributed by atoms with van der Waals surface area (Å²) in [5.41, 5.74) is 0.984. The van der Waals surface area contributed by atoms with E-state index in [1.54, 1.807) is 23.0 Å². The van der Waals surface area contributed by atoms with Gasteiger partial charge in [0.2, 0.25) is 0 Å². The first-order valence-corrected chi connectivity index (χ1v) is 9.20. The molecule has 2 aromatic heterocycles. The summed E-state index contributed by atoms with van der Waals surface area (Å²) in [5, 5.41) is 7.47. The maximum atomic E-state index is 12.9. The quantitative estimate of drug-likeness (QED) is 0.607. The zero-order chi connectivity index (χ0) is 18.7. The maximum absolute atomic E-state index is 12.9. The van der Waals surface area contributed by atoms with Gasteiger partial charge in [0.15, 0.2) is 11.6 Å². The number of hydrogen-bond donors (Lipinski definition) is 1. The minimum absolute atomic E-state index is 0.161. The monoisotopic (exact) mass is 355 g/mol. The Balaban J connectivity index is 1.78. The maximum Gasteiger partial charge on any atom is 0.191 e. The zero-order valence-electron chi connectivity index (χ0n) is 15.5. The highest BCUT2D eigenvalue weighted by molar-refractivity contribution is 6.16. The van der Waals surface area contributed by atoms with Crippen molar-refractivity contribution in [1.82, 2.24) is 14.8 Å². The SMILES string of the molecule is CCNc1cc2n(n1)CCC(C(=O)c1ccc(N(CC)CC)nc1)C2=O. The number of pyridine rings is 1. The molecule has 0 bridgehead atoms. The molecule has 0 amide bonds. The predicted octanol–water partition coefficient (Wildman–Crippen LogP) is 2.64. The molecule has 2 aromatic rings. The number of fused-ring (bicyclic) bond motifs is 1. The smallest absolute Gasteiger partial charge is 0.191 e. The van der Waals surface area contributed by atoms with E-state index in [2.05, 4.69) is 34.1 Å². The first-order chi connectivity index (χ1) is 12.6. The molecule has 3 rings (SSSR count). The van der Waals surface area contributed by atoms with Crippen molar-refractivity contribution >= 4 is 23.2 Å². The van der Waals surface area contributed by atoms with Crippen molar-refractivity contribution in [3.63, 3.8) is 0 Å². The molecule has 0 radical (unpaired) electrons. The summed E-state index contributed by atoms with van der Waals surface area (Å²) in [4.78, 5) is 32.1. The van der Waals surface area contributed by atoms with Crippen LogP contribution in [-0.2, 0) is 6.54 Å². The van der Waals surface area contributed by atoms with Crippen LogP contribution in [0, 0.1) is 5.92 Å². The highest BCUT2D eigenvalue weighted by Crippen LogP contribution is 2.26. The Morgan fingerprint density at radius 2 is 2.08 bits per heavy atom. The molecule has 0 saturated carbocycles. The summed E-state index contributed by atoms with van der Waals surface area (Å²) in [6.07, 6.45) is 2.05. The topological polar surface area (TPSA) is 80.1 Å². The van der Waals surface area contributed by atoms with Crippen molar-refractivity contribution in [2.24, 2.45) is 5.92 Å². The number of ketones is 2. The molecule has 3 heterocycles. The highest BCUT2D eigenvalue weighted by Gasteiger charge is 2.34. The average Bonchev–Trinajstić information content (AvgIpc) is 3.07. The Morgan fingerprint density at radius 3 is 2.69 bits per heavy atom. The van der Waals surface area contributed by atoms with Crippen molar-refractivity contribution in [1.29, 1.82) is 0 Å². The third-order valence-electron chi connectivity index (χ3n) is 4.77. The van der Waals surface area contributed by atoms with Gasteiger partial charge in [-0.2, -0.15) is 5.10 Å². The van der Waals surface area contributed by atoms with Gasteiger partial charge in [-0.3, -0.25) is 14.3 Å². The van der Waals surface area contributed by atoms with Crippen LogP contribution >= 0.6 is 0 Å². The number of hydrogen-bond acceptors (Lipinski definition) is 6. The van der Waals surface area contributed by atoms with Crippen molar-refractivity contribution in [2.75, 3.05) is 29.9 Å². The number of nitrogens with zero attached hydrogens (tertiary/aromatic N) is 4. The van der Waals surface area contributed by atoms with Gasteiger partial charge < -0.3 is 10.2 Å². The van der Waals surface area contributed by atoms with Gasteiger partial charge >= 0.3 is 0 Å². The van der Waals surface area contributed by atoms with E-state index in [0.29, 0.717) is 30.0 Å². The lowest BCUT2D eigenvalue weighted by Gasteiger charge is -2.22. The fraction of sp³-hybridized carbons (Fsp3) is 0.474. The summed E-state index contributed by atoms with van der Waals surface area (Å²) in [7, 11) is 0. The van der Waals surface area contributed by atoms with E-state index < -0.39 is 5.92 Å². The lowest BCUT2D eigenvalue weighted by molar-refractivity contribution is 0.0767. The van der Waals surface area contributed by atoms with Gasteiger partial charge in [-0.05, 0) is 39.3 Å². The molecule has 1 N–H and O–H groups in total. The van der Waals surface area contributed by atoms with E-state index in [0.717, 1.165) is 25.5 Å². The summed E-state index contributed by atoms with van der Waals surface area (Å²) >= 11 is 0. The lowest BCUT2D eigenvalue weighted by atomic mass is 9.88. The number of carbonyl (C=O) groups excluding carboxylic acids is 2. The molecular weight excluding hydrogens is 330 g/mol. The van der Waals surface area contributed by atoms with Gasteiger partial charge in [-0.1, -0.05) is 0 Å². The van der Waals surface area contributed by atoms with Gasteiger partial charge in [0.25, 0.3) is 0 Å². The van der Waals surface area contributed by atoms with E-state index in [1.807, 2.05) is 13.0 Å². The molecule has 1 aliphatic rings. The van der Waals surface area contributed by atoms with Crippen LogP contribution in [0.5, 0.6) is 0 Å². The standard InChI is InChI=1S/C19H25N5O2/c1-4-20-16-11-15-19(26)14(9-10-24(15)22-16)18(25)13-7-8-17(21-12-13)23(5-2)6-3/h7-8,11-12,14H,4-6,9-10H2,1-3H3,(H,20,22). The third-order valence-corrected chi connectivity index (χ3v) is 4.77. The number of aryl methyl sites for hydroxylation is 1. The summed E-state index contributed by atoms with van der Waals surface area (Å²) in [5.74, 6) is 0.538. The van der Waals surface area contributed by atoms with Gasteiger partial charge in [-0.25, -0.2) is 4.98 Å². The molecule has 0 aliphatic carbocycles. The molecular formula is C19H25N5O2. The molecule has 0 aromatic carbocycles. The Hall–Kier alpha value is -2.70. The Kier molecular flexibility index (Phi) is 5.35. The minimum atomic E-state index is -0.658. The molecule has 0 spiro atoms. The van der Waals surface area contributed by atoms with Crippen molar-refractivity contribution in [3.8, 4) is 0 Å². The second-order valence-corrected chi connectivity index (χ2v) is 6.32. The summed E-state index contributed by atoms with van der Waals surface area (Å²) in [6.45, 7) is 9.12. The summed E-state index contributed by atoms with van der Waals surface area (Å²) in [6, 6.07) is 5.35. The summed E-state index contributed by atoms with van der Waals surface area (Å²) < 4.78 is 1.69. The fourth-order valence-electron chi connectivity index (χ4n) is 3.33. The van der Waals surface area contributed by atoms with Gasteiger partial charge in [-0.15, -0.1) is 0 Å². The number of rotatable bonds is 7. The fourth-order valence-corrected chi connectivity index (χ4v) is 3.33. The molecule has 1 atom stereocenters. The van der Waals surface area contributed by atoms with Crippen molar-refractivity contribution < 1.29 is 9.59 Å². The predicted molar refractivity (Wildman–Crippen MR) is 101 cm³/mol. The number of nitrogens with one attached hydrogen (secondary N) is 1. The van der Waals surface area contributed by atoms with Crippen LogP contribution in [0.15, 0.2) is 24.4 Å². The van der Waals surface area contributed by atoms with Crippen LogP contribution in [0.4, 0.5) is 11.6 Å². The third kappa shape index (κ3) is 3.34. The van der Waals surface area contributed by atoms with Gasteiger partial charge in [0, 0.05) is 44.0 Å². The second kappa shape index (κ2) is 7.68. The van der Waals surface area contributed by atoms with Crippen LogP contribution in [-0.4, -0.2) is 46.0 Å². The Labute approximate surface area is 153 Å². The molecule has 0 saturated heterocycles. The minimum Gasteiger partial charge on any atom is -0.369 e. The van der Waals surface area contributed by atoms with Crippen LogP contribution in [0.25, 0.3) is 0 Å². The number of carbonyl (C=O) groups is 2. The van der Waals surface area contributed by atoms with E-state index in [-0.39, 0.29) is 11.6 Å². The second-order valence-electron chi connectivity index (χ2n) is 6.32. The largest absolute Gasteiger partial charge is 0.369 e. The van der Waals surface area contributed by atoms with Crippen molar-refractivity contribution in [3.05, 3.63) is 35.7 Å². The first-order valence-electron chi connectivity index (χ1n) is 9.20. The van der Waals surface area contributed by atoms with Crippen LogP contribution in [0.3, 0.4) is 0 Å². The Bertz CT molecular complexity index is 793. The van der Waals surface area contributed by atoms with E-state index >= 15 is 0 Å². The van der Waals surface area contributed by atoms with Crippen LogP contribution in [0.1, 0.15) is 48.0 Å². The molecule has 7 heteroatoms. The van der Waals surface area contributed by atoms with Crippen LogP contribution in [0.2, 0.25) is 0 Å².